The Kier molecular flexibility index (Phi) is 5.69. The van der Waals surface area contributed by atoms with Crippen LogP contribution in [0.25, 0.3) is 0 Å². The van der Waals surface area contributed by atoms with Crippen molar-refractivity contribution in [3.05, 3.63) is 29.8 Å². The molecule has 4 nitrogen and oxygen atoms in total. The molecule has 1 amide bonds. The number of hydrogen-bond acceptors (Lipinski definition) is 3. The van der Waals surface area contributed by atoms with Crippen LogP contribution in [0.1, 0.15) is 25.5 Å². The van der Waals surface area contributed by atoms with Crippen LogP contribution in [0.5, 0.6) is 5.75 Å². The summed E-state index contributed by atoms with van der Waals surface area (Å²) in [6.07, 6.45) is 0. The number of carbonyl (C=O) groups is 1. The maximum atomic E-state index is 12.0. The Bertz CT molecular complexity index is 410. The topological polar surface area (TPSA) is 50.4 Å². The van der Waals surface area contributed by atoms with E-state index in [0.29, 0.717) is 0 Å². The highest BCUT2D eigenvalue weighted by molar-refractivity contribution is 5.80. The molecule has 2 unspecified atom stereocenters. The highest BCUT2D eigenvalue weighted by Crippen LogP contribution is 2.19. The summed E-state index contributed by atoms with van der Waals surface area (Å²) in [5.41, 5.74) is 0.886. The van der Waals surface area contributed by atoms with Crippen LogP contribution in [-0.4, -0.2) is 25.6 Å². The van der Waals surface area contributed by atoms with Crippen molar-refractivity contribution >= 4 is 5.91 Å². The first-order chi connectivity index (χ1) is 8.93. The molecule has 2 atom stereocenters. The molecule has 0 aliphatic heterocycles. The van der Waals surface area contributed by atoms with E-state index < -0.39 is 6.61 Å². The molecule has 0 spiro atoms. The highest BCUT2D eigenvalue weighted by Gasteiger charge is 2.15. The van der Waals surface area contributed by atoms with Crippen LogP contribution < -0.4 is 15.4 Å². The Hall–Kier alpha value is -1.69. The minimum Gasteiger partial charge on any atom is -0.435 e. The first-order valence-corrected chi connectivity index (χ1v) is 5.96. The van der Waals surface area contributed by atoms with Crippen molar-refractivity contribution in [1.82, 2.24) is 10.6 Å². The fraction of sp³-hybridized carbons (Fsp3) is 0.462. The van der Waals surface area contributed by atoms with Crippen molar-refractivity contribution in [2.45, 2.75) is 32.5 Å². The molecule has 1 aromatic carbocycles. The summed E-state index contributed by atoms with van der Waals surface area (Å²) in [7, 11) is 1.57. The molecule has 0 aromatic heterocycles. The molecule has 106 valence electrons. The van der Waals surface area contributed by atoms with Gasteiger partial charge in [0.15, 0.2) is 0 Å². The van der Waals surface area contributed by atoms with E-state index in [2.05, 4.69) is 15.4 Å². The van der Waals surface area contributed by atoms with Gasteiger partial charge in [0.2, 0.25) is 5.91 Å². The summed E-state index contributed by atoms with van der Waals surface area (Å²) in [6.45, 7) is 0.820. The van der Waals surface area contributed by atoms with Gasteiger partial charge in [0.25, 0.3) is 0 Å². The summed E-state index contributed by atoms with van der Waals surface area (Å²) in [5, 5.41) is 5.65. The fourth-order valence-electron chi connectivity index (χ4n) is 1.70. The number of ether oxygens (including phenoxy) is 1. The van der Waals surface area contributed by atoms with Crippen molar-refractivity contribution in [2.24, 2.45) is 0 Å². The van der Waals surface area contributed by atoms with E-state index in [4.69, 9.17) is 0 Å². The average Bonchev–Trinajstić information content (AvgIpc) is 2.37. The molecule has 0 aliphatic carbocycles. The molecule has 1 aromatic rings. The van der Waals surface area contributed by atoms with Gasteiger partial charge >= 0.3 is 6.61 Å². The molecule has 0 heterocycles. The molecule has 0 radical (unpaired) electrons. The van der Waals surface area contributed by atoms with E-state index in [1.165, 1.54) is 12.1 Å². The normalized spacial score (nSPS) is 14.0. The molecule has 19 heavy (non-hydrogen) atoms. The molecule has 0 bridgehead atoms. The van der Waals surface area contributed by atoms with Crippen molar-refractivity contribution in [1.29, 1.82) is 0 Å². The van der Waals surface area contributed by atoms with E-state index >= 15 is 0 Å². The summed E-state index contributed by atoms with van der Waals surface area (Å²) >= 11 is 0. The second-order valence-corrected chi connectivity index (χ2v) is 4.17. The van der Waals surface area contributed by atoms with Crippen LogP contribution in [0.15, 0.2) is 24.3 Å². The molecule has 1 rings (SSSR count). The number of carbonyl (C=O) groups excluding carboxylic acids is 1. The second kappa shape index (κ2) is 7.04. The zero-order chi connectivity index (χ0) is 14.4. The summed E-state index contributed by atoms with van der Waals surface area (Å²) in [5.74, 6) is 0.00908. The highest BCUT2D eigenvalue weighted by atomic mass is 19.3. The van der Waals surface area contributed by atoms with Gasteiger partial charge in [0.05, 0.1) is 6.04 Å². The fourth-order valence-corrected chi connectivity index (χ4v) is 1.70. The van der Waals surface area contributed by atoms with Gasteiger partial charge in [-0.2, -0.15) is 8.78 Å². The third kappa shape index (κ3) is 4.82. The van der Waals surface area contributed by atoms with Gasteiger partial charge in [-0.1, -0.05) is 12.1 Å². The average molecular weight is 272 g/mol. The SMILES string of the molecule is CNC(=O)C(C)NC(C)c1ccc(OC(F)F)cc1. The second-order valence-electron chi connectivity index (χ2n) is 4.17. The maximum absolute atomic E-state index is 12.0. The lowest BCUT2D eigenvalue weighted by Crippen LogP contribution is -2.41. The molecular formula is C13H18F2N2O2. The number of nitrogens with one attached hydrogen (secondary N) is 2. The Morgan fingerprint density at radius 2 is 1.79 bits per heavy atom. The van der Waals surface area contributed by atoms with Gasteiger partial charge < -0.3 is 10.1 Å². The van der Waals surface area contributed by atoms with Crippen LogP contribution in [0.4, 0.5) is 8.78 Å². The van der Waals surface area contributed by atoms with Gasteiger partial charge in [-0.15, -0.1) is 0 Å². The Balaban J connectivity index is 2.62. The van der Waals surface area contributed by atoms with Crippen LogP contribution in [0, 0.1) is 0 Å². The first kappa shape index (κ1) is 15.4. The first-order valence-electron chi connectivity index (χ1n) is 5.96. The lowest BCUT2D eigenvalue weighted by Gasteiger charge is -2.19. The van der Waals surface area contributed by atoms with Gasteiger partial charge in [-0.05, 0) is 31.5 Å². The van der Waals surface area contributed by atoms with E-state index in [1.807, 2.05) is 6.92 Å². The molecule has 6 heteroatoms. The van der Waals surface area contributed by atoms with Gasteiger partial charge in [-0.3, -0.25) is 10.1 Å². The van der Waals surface area contributed by atoms with Crippen molar-refractivity contribution < 1.29 is 18.3 Å². The van der Waals surface area contributed by atoms with Crippen LogP contribution in [0.2, 0.25) is 0 Å². The molecular weight excluding hydrogens is 254 g/mol. The predicted molar refractivity (Wildman–Crippen MR) is 68.2 cm³/mol. The van der Waals surface area contributed by atoms with Crippen LogP contribution in [0.3, 0.4) is 0 Å². The molecule has 0 saturated heterocycles. The van der Waals surface area contributed by atoms with Gasteiger partial charge in [0, 0.05) is 13.1 Å². The summed E-state index contributed by atoms with van der Waals surface area (Å²) in [6, 6.07) is 5.91. The number of alkyl halides is 2. The van der Waals surface area contributed by atoms with Crippen molar-refractivity contribution in [2.75, 3.05) is 7.05 Å². The standard InChI is InChI=1S/C13H18F2N2O2/c1-8(17-9(2)12(18)16-3)10-4-6-11(7-5-10)19-13(14)15/h4-9,13,17H,1-3H3,(H,16,18). The van der Waals surface area contributed by atoms with E-state index in [0.717, 1.165) is 5.56 Å². The molecule has 0 saturated carbocycles. The monoisotopic (exact) mass is 272 g/mol. The smallest absolute Gasteiger partial charge is 0.387 e. The lowest BCUT2D eigenvalue weighted by atomic mass is 10.1. The predicted octanol–water partition coefficient (Wildman–Crippen LogP) is 2.07. The Morgan fingerprint density at radius 1 is 1.21 bits per heavy atom. The number of amides is 1. The van der Waals surface area contributed by atoms with E-state index in [9.17, 15) is 13.6 Å². The zero-order valence-corrected chi connectivity index (χ0v) is 11.1. The number of halogens is 2. The maximum Gasteiger partial charge on any atom is 0.387 e. The largest absolute Gasteiger partial charge is 0.435 e. The minimum atomic E-state index is -2.82. The van der Waals surface area contributed by atoms with Gasteiger partial charge in [0.1, 0.15) is 5.75 Å². The molecule has 0 fully saturated rings. The Morgan fingerprint density at radius 3 is 2.26 bits per heavy atom. The number of hydrogen-bond donors (Lipinski definition) is 2. The number of rotatable bonds is 6. The van der Waals surface area contributed by atoms with Gasteiger partial charge in [-0.25, -0.2) is 0 Å². The number of likely N-dealkylation sites (N-methyl/N-ethyl adjacent to an activating group) is 1. The summed E-state index contributed by atoms with van der Waals surface area (Å²) < 4.78 is 28.3. The summed E-state index contributed by atoms with van der Waals surface area (Å²) in [4.78, 5) is 11.4. The molecule has 0 aliphatic rings. The molecule has 2 N–H and O–H groups in total. The number of benzene rings is 1. The van der Waals surface area contributed by atoms with E-state index in [1.54, 1.807) is 26.1 Å². The van der Waals surface area contributed by atoms with Crippen LogP contribution >= 0.6 is 0 Å². The third-order valence-corrected chi connectivity index (χ3v) is 2.74. The third-order valence-electron chi connectivity index (χ3n) is 2.74. The zero-order valence-electron chi connectivity index (χ0n) is 11.1. The van der Waals surface area contributed by atoms with Crippen LogP contribution in [-0.2, 0) is 4.79 Å². The van der Waals surface area contributed by atoms with Crippen molar-refractivity contribution in [3.63, 3.8) is 0 Å². The Labute approximate surface area is 111 Å². The lowest BCUT2D eigenvalue weighted by molar-refractivity contribution is -0.122. The quantitative estimate of drug-likeness (QED) is 0.833. The van der Waals surface area contributed by atoms with E-state index in [-0.39, 0.29) is 23.7 Å². The minimum absolute atomic E-state index is 0.0760. The van der Waals surface area contributed by atoms with Crippen molar-refractivity contribution in [3.8, 4) is 5.75 Å².